The number of hydrogen-bond donors (Lipinski definition) is 1. The fourth-order valence-corrected chi connectivity index (χ4v) is 1.90. The maximum Gasteiger partial charge on any atom is 0.234 e. The van der Waals surface area contributed by atoms with Gasteiger partial charge in [-0.05, 0) is 31.2 Å². The van der Waals surface area contributed by atoms with E-state index in [0.717, 1.165) is 22.8 Å². The summed E-state index contributed by atoms with van der Waals surface area (Å²) in [5.41, 5.74) is 1.86. The molecule has 0 aliphatic heterocycles. The third-order valence-electron chi connectivity index (χ3n) is 1.96. The van der Waals surface area contributed by atoms with Crippen LogP contribution in [0.25, 0.3) is 0 Å². The first-order chi connectivity index (χ1) is 8.11. The number of hydrogen-bond acceptors (Lipinski definition) is 3. The molecule has 3 nitrogen and oxygen atoms in total. The normalized spacial score (nSPS) is 9.76. The van der Waals surface area contributed by atoms with Crippen LogP contribution >= 0.6 is 11.8 Å². The van der Waals surface area contributed by atoms with Crippen molar-refractivity contribution in [1.29, 1.82) is 0 Å². The molecule has 17 heavy (non-hydrogen) atoms. The van der Waals surface area contributed by atoms with Crippen LogP contribution in [0.15, 0.2) is 36.4 Å². The highest BCUT2D eigenvalue weighted by molar-refractivity contribution is 8.00. The number of thioether (sulfide) groups is 1. The fraction of sp³-hybridized carbons (Fsp3) is 0.308. The second-order valence-electron chi connectivity index (χ2n) is 3.73. The Morgan fingerprint density at radius 1 is 1.35 bits per heavy atom. The maximum atomic E-state index is 11.6. The van der Waals surface area contributed by atoms with Crippen molar-refractivity contribution in [1.82, 2.24) is 0 Å². The Balaban J connectivity index is 2.37. The molecule has 0 unspecified atom stereocenters. The molecule has 1 aromatic rings. The molecule has 0 fully saturated rings. The first-order valence-electron chi connectivity index (χ1n) is 5.28. The lowest BCUT2D eigenvalue weighted by atomic mass is 10.3. The molecule has 92 valence electrons. The van der Waals surface area contributed by atoms with Gasteiger partial charge >= 0.3 is 0 Å². The summed E-state index contributed by atoms with van der Waals surface area (Å²) in [6.07, 6.45) is 0. The minimum Gasteiger partial charge on any atom is -0.497 e. The summed E-state index contributed by atoms with van der Waals surface area (Å²) in [5, 5.41) is 2.82. The van der Waals surface area contributed by atoms with Gasteiger partial charge in [-0.25, -0.2) is 0 Å². The first kappa shape index (κ1) is 13.6. The standard InChI is InChI=1S/C13H17NO2S/c1-10(2)8-17-9-13(15)14-11-4-6-12(16-3)7-5-11/h4-7H,1,8-9H2,2-3H3,(H,14,15). The van der Waals surface area contributed by atoms with E-state index in [-0.39, 0.29) is 5.91 Å². The number of ether oxygens (including phenoxy) is 1. The van der Waals surface area contributed by atoms with Crippen LogP contribution in [0.5, 0.6) is 5.75 Å². The Kier molecular flexibility index (Phi) is 5.63. The molecular formula is C13H17NO2S. The second-order valence-corrected chi connectivity index (χ2v) is 4.71. The number of anilines is 1. The number of carbonyl (C=O) groups is 1. The van der Waals surface area contributed by atoms with E-state index in [0.29, 0.717) is 5.75 Å². The van der Waals surface area contributed by atoms with Gasteiger partial charge in [-0.3, -0.25) is 4.79 Å². The molecule has 0 atom stereocenters. The van der Waals surface area contributed by atoms with Crippen LogP contribution in [0, 0.1) is 0 Å². The lowest BCUT2D eigenvalue weighted by Crippen LogP contribution is -2.14. The molecule has 0 radical (unpaired) electrons. The van der Waals surface area contributed by atoms with Gasteiger partial charge in [0.15, 0.2) is 0 Å². The SMILES string of the molecule is C=C(C)CSCC(=O)Nc1ccc(OC)cc1. The molecule has 1 amide bonds. The van der Waals surface area contributed by atoms with E-state index in [9.17, 15) is 4.79 Å². The summed E-state index contributed by atoms with van der Waals surface area (Å²) >= 11 is 1.56. The zero-order chi connectivity index (χ0) is 12.7. The topological polar surface area (TPSA) is 38.3 Å². The van der Waals surface area contributed by atoms with Gasteiger partial charge in [0.2, 0.25) is 5.91 Å². The van der Waals surface area contributed by atoms with Gasteiger partial charge < -0.3 is 10.1 Å². The average molecular weight is 251 g/mol. The Bertz CT molecular complexity index is 387. The number of rotatable bonds is 6. The number of methoxy groups -OCH3 is 1. The molecule has 0 spiro atoms. The highest BCUT2D eigenvalue weighted by Crippen LogP contribution is 2.15. The molecule has 4 heteroatoms. The van der Waals surface area contributed by atoms with Crippen LogP contribution in [0.3, 0.4) is 0 Å². The van der Waals surface area contributed by atoms with Crippen LogP contribution in [0.1, 0.15) is 6.92 Å². The lowest BCUT2D eigenvalue weighted by Gasteiger charge is -2.06. The van der Waals surface area contributed by atoms with Crippen molar-refractivity contribution >= 4 is 23.4 Å². The summed E-state index contributed by atoms with van der Waals surface area (Å²) < 4.78 is 5.04. The van der Waals surface area contributed by atoms with Crippen molar-refractivity contribution < 1.29 is 9.53 Å². The molecule has 1 aromatic carbocycles. The average Bonchev–Trinajstić information content (AvgIpc) is 2.29. The van der Waals surface area contributed by atoms with Crippen molar-refractivity contribution in [3.05, 3.63) is 36.4 Å². The molecule has 1 N–H and O–H groups in total. The van der Waals surface area contributed by atoms with E-state index in [4.69, 9.17) is 4.74 Å². The van der Waals surface area contributed by atoms with Crippen molar-refractivity contribution in [3.8, 4) is 5.75 Å². The van der Waals surface area contributed by atoms with E-state index < -0.39 is 0 Å². The van der Waals surface area contributed by atoms with Crippen molar-refractivity contribution in [3.63, 3.8) is 0 Å². The van der Waals surface area contributed by atoms with Crippen LogP contribution in [-0.4, -0.2) is 24.5 Å². The highest BCUT2D eigenvalue weighted by atomic mass is 32.2. The number of nitrogens with one attached hydrogen (secondary N) is 1. The molecule has 0 aliphatic rings. The number of benzene rings is 1. The smallest absolute Gasteiger partial charge is 0.234 e. The Morgan fingerprint density at radius 3 is 2.53 bits per heavy atom. The quantitative estimate of drug-likeness (QED) is 0.790. The van der Waals surface area contributed by atoms with E-state index in [2.05, 4.69) is 11.9 Å². The third kappa shape index (κ3) is 5.45. The Hall–Kier alpha value is -1.42. The molecule has 0 aliphatic carbocycles. The number of carbonyl (C=O) groups excluding carboxylic acids is 1. The lowest BCUT2D eigenvalue weighted by molar-refractivity contribution is -0.113. The summed E-state index contributed by atoms with van der Waals surface area (Å²) in [5.74, 6) is 2.04. The fourth-order valence-electron chi connectivity index (χ4n) is 1.19. The van der Waals surface area contributed by atoms with Gasteiger partial charge in [0.25, 0.3) is 0 Å². The van der Waals surface area contributed by atoms with Gasteiger partial charge in [-0.2, -0.15) is 0 Å². The van der Waals surface area contributed by atoms with Gasteiger partial charge in [0, 0.05) is 11.4 Å². The Labute approximate surface area is 106 Å². The monoisotopic (exact) mass is 251 g/mol. The zero-order valence-electron chi connectivity index (χ0n) is 10.2. The van der Waals surface area contributed by atoms with Crippen molar-refractivity contribution in [2.24, 2.45) is 0 Å². The minimum atomic E-state index is 0.00131. The molecular weight excluding hydrogens is 234 g/mol. The molecule has 0 saturated carbocycles. The molecule has 0 saturated heterocycles. The van der Waals surface area contributed by atoms with Gasteiger partial charge in [0.1, 0.15) is 5.75 Å². The van der Waals surface area contributed by atoms with E-state index in [1.165, 1.54) is 0 Å². The maximum absolute atomic E-state index is 11.6. The van der Waals surface area contributed by atoms with Crippen molar-refractivity contribution in [2.45, 2.75) is 6.92 Å². The van der Waals surface area contributed by atoms with Crippen LogP contribution in [-0.2, 0) is 4.79 Å². The van der Waals surface area contributed by atoms with E-state index >= 15 is 0 Å². The summed E-state index contributed by atoms with van der Waals surface area (Å²) in [7, 11) is 1.61. The Morgan fingerprint density at radius 2 is 2.00 bits per heavy atom. The van der Waals surface area contributed by atoms with Crippen LogP contribution < -0.4 is 10.1 Å². The third-order valence-corrected chi connectivity index (χ3v) is 3.12. The van der Waals surface area contributed by atoms with Crippen molar-refractivity contribution in [2.75, 3.05) is 23.9 Å². The van der Waals surface area contributed by atoms with Gasteiger partial charge in [0.05, 0.1) is 12.9 Å². The highest BCUT2D eigenvalue weighted by Gasteiger charge is 2.02. The first-order valence-corrected chi connectivity index (χ1v) is 6.43. The van der Waals surface area contributed by atoms with E-state index in [1.54, 1.807) is 18.9 Å². The minimum absolute atomic E-state index is 0.00131. The summed E-state index contributed by atoms with van der Waals surface area (Å²) in [6, 6.07) is 7.27. The zero-order valence-corrected chi connectivity index (χ0v) is 11.0. The van der Waals surface area contributed by atoms with E-state index in [1.807, 2.05) is 31.2 Å². The molecule has 0 bridgehead atoms. The summed E-state index contributed by atoms with van der Waals surface area (Å²) in [6.45, 7) is 5.74. The molecule has 0 heterocycles. The predicted octanol–water partition coefficient (Wildman–Crippen LogP) is 2.94. The van der Waals surface area contributed by atoms with Gasteiger partial charge in [-0.15, -0.1) is 11.8 Å². The second kappa shape index (κ2) is 7.01. The summed E-state index contributed by atoms with van der Waals surface area (Å²) in [4.78, 5) is 11.6. The largest absolute Gasteiger partial charge is 0.497 e. The number of amides is 1. The van der Waals surface area contributed by atoms with Gasteiger partial charge in [-0.1, -0.05) is 12.2 Å². The predicted molar refractivity (Wildman–Crippen MR) is 73.8 cm³/mol. The van der Waals surface area contributed by atoms with Crippen LogP contribution in [0.4, 0.5) is 5.69 Å². The molecule has 1 rings (SSSR count). The molecule has 0 aromatic heterocycles. The van der Waals surface area contributed by atoms with Crippen LogP contribution in [0.2, 0.25) is 0 Å².